The maximum atomic E-state index is 10.9. The second kappa shape index (κ2) is 5.68. The van der Waals surface area contributed by atoms with E-state index in [1.54, 1.807) is 6.07 Å². The molecule has 0 aliphatic carbocycles. The van der Waals surface area contributed by atoms with Crippen molar-refractivity contribution in [3.8, 4) is 11.1 Å². The molecule has 0 aliphatic heterocycles. The Balaban J connectivity index is 2.65. The van der Waals surface area contributed by atoms with Crippen molar-refractivity contribution in [2.45, 2.75) is 0 Å². The third-order valence-electron chi connectivity index (χ3n) is 2.59. The lowest BCUT2D eigenvalue weighted by Gasteiger charge is -2.07. The summed E-state index contributed by atoms with van der Waals surface area (Å²) in [6, 6.07) is 8.66. The quantitative estimate of drug-likeness (QED) is 0.551. The third kappa shape index (κ3) is 2.86. The lowest BCUT2D eigenvalue weighted by molar-refractivity contribution is -0.385. The van der Waals surface area contributed by atoms with E-state index in [4.69, 9.17) is 0 Å². The van der Waals surface area contributed by atoms with Gasteiger partial charge in [0, 0.05) is 38.8 Å². The number of nitro benzene ring substituents is 2. The van der Waals surface area contributed by atoms with Crippen LogP contribution in [-0.2, 0) is 0 Å². The van der Waals surface area contributed by atoms with Gasteiger partial charge in [0.05, 0.1) is 9.85 Å². The molecule has 8 heteroatoms. The van der Waals surface area contributed by atoms with Crippen molar-refractivity contribution in [2.75, 3.05) is 0 Å². The molecule has 6 nitrogen and oxygen atoms in total. The van der Waals surface area contributed by atoms with E-state index in [-0.39, 0.29) is 11.4 Å². The van der Waals surface area contributed by atoms with E-state index >= 15 is 0 Å². The van der Waals surface area contributed by atoms with Crippen LogP contribution in [0.4, 0.5) is 11.4 Å². The Morgan fingerprint density at radius 1 is 0.900 bits per heavy atom. The van der Waals surface area contributed by atoms with E-state index in [2.05, 4.69) is 31.9 Å². The second-order valence-electron chi connectivity index (χ2n) is 3.85. The molecule has 0 aromatic heterocycles. The fraction of sp³-hybridized carbons (Fsp3) is 0. The van der Waals surface area contributed by atoms with Crippen LogP contribution in [0.5, 0.6) is 0 Å². The number of benzene rings is 2. The van der Waals surface area contributed by atoms with Crippen molar-refractivity contribution in [3.63, 3.8) is 0 Å². The van der Waals surface area contributed by atoms with Gasteiger partial charge in [0.2, 0.25) is 0 Å². The van der Waals surface area contributed by atoms with E-state index in [1.807, 2.05) is 0 Å². The van der Waals surface area contributed by atoms with Gasteiger partial charge in [-0.25, -0.2) is 0 Å². The SMILES string of the molecule is O=[N+]([O-])c1cccc(-c2cc([N+](=O)[O-])cc(Br)c2Br)c1. The van der Waals surface area contributed by atoms with Gasteiger partial charge < -0.3 is 0 Å². The Hall–Kier alpha value is -1.80. The summed E-state index contributed by atoms with van der Waals surface area (Å²) in [5.41, 5.74) is 0.865. The van der Waals surface area contributed by atoms with Gasteiger partial charge in [-0.3, -0.25) is 20.2 Å². The van der Waals surface area contributed by atoms with Gasteiger partial charge in [0.25, 0.3) is 11.4 Å². The van der Waals surface area contributed by atoms with Crippen molar-refractivity contribution >= 4 is 43.2 Å². The summed E-state index contributed by atoms with van der Waals surface area (Å²) in [5, 5.41) is 21.7. The maximum Gasteiger partial charge on any atom is 0.271 e. The molecule has 0 heterocycles. The molecule has 0 amide bonds. The van der Waals surface area contributed by atoms with Crippen LogP contribution in [0.3, 0.4) is 0 Å². The zero-order valence-corrected chi connectivity index (χ0v) is 12.9. The zero-order valence-electron chi connectivity index (χ0n) is 9.75. The van der Waals surface area contributed by atoms with Crippen LogP contribution in [0.25, 0.3) is 11.1 Å². The van der Waals surface area contributed by atoms with Gasteiger partial charge in [0.1, 0.15) is 0 Å². The number of non-ortho nitro benzene ring substituents is 2. The van der Waals surface area contributed by atoms with E-state index in [9.17, 15) is 20.2 Å². The molecular weight excluding hydrogens is 396 g/mol. The van der Waals surface area contributed by atoms with Crippen LogP contribution in [0.1, 0.15) is 0 Å². The van der Waals surface area contributed by atoms with Crippen molar-refractivity contribution in [3.05, 3.63) is 65.6 Å². The molecule has 20 heavy (non-hydrogen) atoms. The van der Waals surface area contributed by atoms with E-state index in [0.29, 0.717) is 20.1 Å². The largest absolute Gasteiger partial charge is 0.271 e. The smallest absolute Gasteiger partial charge is 0.258 e. The van der Waals surface area contributed by atoms with Crippen molar-refractivity contribution in [2.24, 2.45) is 0 Å². The number of nitro groups is 2. The Kier molecular flexibility index (Phi) is 4.15. The number of halogens is 2. The second-order valence-corrected chi connectivity index (χ2v) is 5.50. The number of nitrogens with zero attached hydrogens (tertiary/aromatic N) is 2. The predicted molar refractivity (Wildman–Crippen MR) is 80.6 cm³/mol. The summed E-state index contributed by atoms with van der Waals surface area (Å²) in [6.07, 6.45) is 0. The monoisotopic (exact) mass is 400 g/mol. The molecule has 0 fully saturated rings. The first-order valence-electron chi connectivity index (χ1n) is 5.28. The van der Waals surface area contributed by atoms with Crippen LogP contribution in [0.15, 0.2) is 45.3 Å². The highest BCUT2D eigenvalue weighted by Crippen LogP contribution is 2.38. The van der Waals surface area contributed by atoms with Crippen molar-refractivity contribution in [1.82, 2.24) is 0 Å². The van der Waals surface area contributed by atoms with Gasteiger partial charge in [0.15, 0.2) is 0 Å². The van der Waals surface area contributed by atoms with Crippen LogP contribution in [0, 0.1) is 20.2 Å². The summed E-state index contributed by atoms with van der Waals surface area (Å²) < 4.78 is 1.11. The molecular formula is C12H6Br2N2O4. The molecule has 0 bridgehead atoms. The summed E-state index contributed by atoms with van der Waals surface area (Å²) in [6.45, 7) is 0. The van der Waals surface area contributed by atoms with Crippen LogP contribution in [-0.4, -0.2) is 9.85 Å². The highest BCUT2D eigenvalue weighted by Gasteiger charge is 2.16. The van der Waals surface area contributed by atoms with Gasteiger partial charge >= 0.3 is 0 Å². The number of rotatable bonds is 3. The summed E-state index contributed by atoms with van der Waals surface area (Å²) in [7, 11) is 0. The topological polar surface area (TPSA) is 86.3 Å². The Morgan fingerprint density at radius 2 is 1.55 bits per heavy atom. The Bertz CT molecular complexity index is 719. The van der Waals surface area contributed by atoms with Crippen molar-refractivity contribution in [1.29, 1.82) is 0 Å². The maximum absolute atomic E-state index is 10.9. The van der Waals surface area contributed by atoms with Crippen LogP contribution in [0.2, 0.25) is 0 Å². The molecule has 2 aromatic carbocycles. The van der Waals surface area contributed by atoms with Gasteiger partial charge in [-0.15, -0.1) is 0 Å². The number of hydrogen-bond acceptors (Lipinski definition) is 4. The first-order chi connectivity index (χ1) is 9.40. The highest BCUT2D eigenvalue weighted by atomic mass is 79.9. The molecule has 0 aliphatic rings. The molecule has 2 aromatic rings. The summed E-state index contributed by atoms with van der Waals surface area (Å²) >= 11 is 6.55. The van der Waals surface area contributed by atoms with Crippen molar-refractivity contribution < 1.29 is 9.85 Å². The molecule has 0 saturated carbocycles. The van der Waals surface area contributed by atoms with Gasteiger partial charge in [-0.1, -0.05) is 12.1 Å². The van der Waals surface area contributed by atoms with E-state index in [0.717, 1.165) is 0 Å². The van der Waals surface area contributed by atoms with Gasteiger partial charge in [-0.2, -0.15) is 0 Å². The summed E-state index contributed by atoms with van der Waals surface area (Å²) in [5.74, 6) is 0. The Morgan fingerprint density at radius 3 is 2.15 bits per heavy atom. The van der Waals surface area contributed by atoms with E-state index < -0.39 is 9.85 Å². The average molecular weight is 402 g/mol. The zero-order chi connectivity index (χ0) is 14.9. The minimum absolute atomic E-state index is 0.0722. The fourth-order valence-electron chi connectivity index (χ4n) is 1.68. The lowest BCUT2D eigenvalue weighted by Crippen LogP contribution is -1.92. The minimum Gasteiger partial charge on any atom is -0.258 e. The molecule has 0 atom stereocenters. The predicted octanol–water partition coefficient (Wildman–Crippen LogP) is 4.70. The minimum atomic E-state index is -0.516. The van der Waals surface area contributed by atoms with Crippen LogP contribution >= 0.6 is 31.9 Å². The Labute approximate surface area is 130 Å². The molecule has 2 rings (SSSR count). The highest BCUT2D eigenvalue weighted by molar-refractivity contribution is 9.13. The first kappa shape index (κ1) is 14.6. The molecule has 0 unspecified atom stereocenters. The first-order valence-corrected chi connectivity index (χ1v) is 6.87. The lowest BCUT2D eigenvalue weighted by atomic mass is 10.0. The molecule has 0 radical (unpaired) electrons. The molecule has 0 saturated heterocycles. The van der Waals surface area contributed by atoms with Crippen LogP contribution < -0.4 is 0 Å². The third-order valence-corrected chi connectivity index (χ3v) is 4.60. The molecule has 0 spiro atoms. The number of hydrogen-bond donors (Lipinski definition) is 0. The average Bonchev–Trinajstić information content (AvgIpc) is 2.41. The normalized spacial score (nSPS) is 10.3. The standard InChI is InChI=1S/C12H6Br2N2O4/c13-11-6-9(16(19)20)5-10(12(11)14)7-2-1-3-8(4-7)15(17)18/h1-6H. The molecule has 102 valence electrons. The molecule has 0 N–H and O–H groups in total. The van der Waals surface area contributed by atoms with E-state index in [1.165, 1.54) is 30.3 Å². The summed E-state index contributed by atoms with van der Waals surface area (Å²) in [4.78, 5) is 20.6. The van der Waals surface area contributed by atoms with Gasteiger partial charge in [-0.05, 0) is 37.4 Å². The fourth-order valence-corrected chi connectivity index (χ4v) is 2.58.